The van der Waals surface area contributed by atoms with E-state index in [1.165, 1.54) is 4.90 Å². The lowest BCUT2D eigenvalue weighted by atomic mass is 9.99. The number of aliphatic hydroxyl groups is 1. The van der Waals surface area contributed by atoms with E-state index in [9.17, 15) is 4.79 Å². The lowest BCUT2D eigenvalue weighted by Gasteiger charge is -2.26. The second kappa shape index (κ2) is 6.16. The predicted octanol–water partition coefficient (Wildman–Crippen LogP) is 3.73. The molecule has 0 saturated heterocycles. The Morgan fingerprint density at radius 1 is 1.18 bits per heavy atom. The summed E-state index contributed by atoms with van der Waals surface area (Å²) in [4.78, 5) is 13.5. The first-order valence-corrected chi connectivity index (χ1v) is 7.50. The monoisotopic (exact) mass is 337 g/mol. The molecule has 1 N–H and O–H groups in total. The predicted molar refractivity (Wildman–Crippen MR) is 84.8 cm³/mol. The van der Waals surface area contributed by atoms with Crippen LogP contribution in [0.25, 0.3) is 0 Å². The van der Waals surface area contributed by atoms with Crippen LogP contribution in [0.15, 0.2) is 36.4 Å². The van der Waals surface area contributed by atoms with Crippen molar-refractivity contribution in [2.75, 3.05) is 13.3 Å². The molecule has 0 atom stereocenters. The maximum atomic E-state index is 12.1. The fraction of sp³-hybridized carbons (Fsp3) is 0.188. The van der Waals surface area contributed by atoms with E-state index in [-0.39, 0.29) is 12.6 Å². The second-order valence-corrected chi connectivity index (χ2v) is 5.75. The third-order valence-corrected chi connectivity index (χ3v) is 4.15. The van der Waals surface area contributed by atoms with Crippen LogP contribution in [0.1, 0.15) is 15.9 Å². The van der Waals surface area contributed by atoms with E-state index in [4.69, 9.17) is 33.0 Å². The van der Waals surface area contributed by atoms with Gasteiger partial charge in [-0.1, -0.05) is 29.3 Å². The molecule has 114 valence electrons. The number of benzene rings is 2. The van der Waals surface area contributed by atoms with Gasteiger partial charge in [0.15, 0.2) is 5.75 Å². The third kappa shape index (κ3) is 2.77. The molecule has 3 rings (SSSR count). The first kappa shape index (κ1) is 15.2. The lowest BCUT2D eigenvalue weighted by molar-refractivity contribution is 0.0535. The molecule has 2 aromatic carbocycles. The van der Waals surface area contributed by atoms with Crippen molar-refractivity contribution in [1.29, 1.82) is 0 Å². The third-order valence-electron chi connectivity index (χ3n) is 3.55. The van der Waals surface area contributed by atoms with Crippen LogP contribution >= 0.6 is 23.2 Å². The Morgan fingerprint density at radius 3 is 2.59 bits per heavy atom. The molecule has 0 spiro atoms. The number of fused-ring (bicyclic) bond motifs is 1. The largest absolute Gasteiger partial charge is 0.454 e. The number of halogens is 2. The highest BCUT2D eigenvalue weighted by Gasteiger charge is 2.24. The molecule has 1 aliphatic rings. The number of hydrogen-bond acceptors (Lipinski definition) is 3. The van der Waals surface area contributed by atoms with E-state index in [0.717, 1.165) is 5.56 Å². The minimum absolute atomic E-state index is 0.175. The van der Waals surface area contributed by atoms with Gasteiger partial charge in [0.05, 0.1) is 10.0 Å². The summed E-state index contributed by atoms with van der Waals surface area (Å²) < 4.78 is 5.76. The summed E-state index contributed by atoms with van der Waals surface area (Å²) in [6, 6.07) is 10.3. The minimum Gasteiger partial charge on any atom is -0.454 e. The number of nitrogens with zero attached hydrogens (tertiary/aromatic N) is 1. The number of hydrogen-bond donors (Lipinski definition) is 1. The van der Waals surface area contributed by atoms with Crippen LogP contribution in [0.3, 0.4) is 0 Å². The normalized spacial score (nSPS) is 14.0. The summed E-state index contributed by atoms with van der Waals surface area (Å²) in [6.45, 7) is 0.213. The van der Waals surface area contributed by atoms with E-state index in [2.05, 4.69) is 0 Å². The summed E-state index contributed by atoms with van der Waals surface area (Å²) in [6.07, 6.45) is 0.662. The van der Waals surface area contributed by atoms with Gasteiger partial charge in [0, 0.05) is 12.1 Å². The maximum absolute atomic E-state index is 12.1. The molecule has 0 fully saturated rings. The molecule has 1 amide bonds. The van der Waals surface area contributed by atoms with Gasteiger partial charge >= 0.3 is 0 Å². The Morgan fingerprint density at radius 2 is 1.91 bits per heavy atom. The number of amides is 1. The van der Waals surface area contributed by atoms with Crippen molar-refractivity contribution >= 4 is 29.1 Å². The smallest absolute Gasteiger partial charge is 0.255 e. The summed E-state index contributed by atoms with van der Waals surface area (Å²) in [5, 5.41) is 10.00. The molecule has 0 radical (unpaired) electrons. The van der Waals surface area contributed by atoms with E-state index in [1.807, 2.05) is 6.07 Å². The highest BCUT2D eigenvalue weighted by molar-refractivity contribution is 6.37. The quantitative estimate of drug-likeness (QED) is 0.928. The average Bonchev–Trinajstić information content (AvgIpc) is 2.51. The van der Waals surface area contributed by atoms with Crippen molar-refractivity contribution < 1.29 is 14.6 Å². The maximum Gasteiger partial charge on any atom is 0.255 e. The lowest BCUT2D eigenvalue weighted by Crippen LogP contribution is -2.38. The minimum atomic E-state index is -0.272. The van der Waals surface area contributed by atoms with Gasteiger partial charge in [0.25, 0.3) is 5.91 Å². The van der Waals surface area contributed by atoms with Crippen molar-refractivity contribution in [3.05, 3.63) is 57.6 Å². The first-order valence-electron chi connectivity index (χ1n) is 6.75. The molecule has 0 unspecified atom stereocenters. The Balaban J connectivity index is 1.91. The molecule has 0 bridgehead atoms. The molecule has 22 heavy (non-hydrogen) atoms. The zero-order valence-corrected chi connectivity index (χ0v) is 13.1. The van der Waals surface area contributed by atoms with E-state index in [1.54, 1.807) is 30.3 Å². The van der Waals surface area contributed by atoms with Crippen LogP contribution in [0.4, 0.5) is 0 Å². The number of carbonyl (C=O) groups is 1. The zero-order chi connectivity index (χ0) is 15.7. The van der Waals surface area contributed by atoms with E-state index in [0.29, 0.717) is 40.1 Å². The number of aliphatic hydroxyl groups excluding tert-OH is 1. The molecule has 6 heteroatoms. The van der Waals surface area contributed by atoms with Gasteiger partial charge in [-0.25, -0.2) is 0 Å². The molecule has 4 nitrogen and oxygen atoms in total. The average molecular weight is 338 g/mol. The van der Waals surface area contributed by atoms with Crippen molar-refractivity contribution in [3.63, 3.8) is 0 Å². The highest BCUT2D eigenvalue weighted by Crippen LogP contribution is 2.36. The van der Waals surface area contributed by atoms with Crippen molar-refractivity contribution in [1.82, 2.24) is 4.90 Å². The Labute approximate surface area is 137 Å². The van der Waals surface area contributed by atoms with Gasteiger partial charge in [-0.3, -0.25) is 4.79 Å². The molecule has 0 aliphatic carbocycles. The van der Waals surface area contributed by atoms with Gasteiger partial charge in [-0.05, 0) is 42.3 Å². The van der Waals surface area contributed by atoms with Gasteiger partial charge in [0.2, 0.25) is 0 Å². The molecular weight excluding hydrogens is 325 g/mol. The van der Waals surface area contributed by atoms with Gasteiger partial charge in [0.1, 0.15) is 12.5 Å². The zero-order valence-electron chi connectivity index (χ0n) is 11.6. The van der Waals surface area contributed by atoms with Crippen LogP contribution < -0.4 is 4.74 Å². The fourth-order valence-corrected chi connectivity index (χ4v) is 2.88. The van der Waals surface area contributed by atoms with Crippen LogP contribution in [-0.2, 0) is 6.42 Å². The Bertz CT molecular complexity index is 713. The van der Waals surface area contributed by atoms with E-state index < -0.39 is 0 Å². The summed E-state index contributed by atoms with van der Waals surface area (Å²) >= 11 is 12.2. The number of para-hydroxylation sites is 1. The molecule has 2 aromatic rings. The number of rotatable bonds is 3. The number of carbonyl (C=O) groups excluding carboxylic acids is 1. The number of ether oxygens (including phenoxy) is 1. The molecule has 0 saturated carbocycles. The molecule has 1 aliphatic heterocycles. The SMILES string of the molecule is O=C1c2ccc(Oc3c(Cl)cccc3Cl)cc2CCN1CO. The summed E-state index contributed by atoms with van der Waals surface area (Å²) in [5.41, 5.74) is 1.47. The Hall–Kier alpha value is -1.75. The van der Waals surface area contributed by atoms with E-state index >= 15 is 0 Å². The van der Waals surface area contributed by atoms with Crippen LogP contribution in [0.5, 0.6) is 11.5 Å². The first-order chi connectivity index (χ1) is 10.6. The van der Waals surface area contributed by atoms with Gasteiger partial charge in [-0.2, -0.15) is 0 Å². The van der Waals surface area contributed by atoms with Crippen LogP contribution in [-0.4, -0.2) is 29.2 Å². The molecule has 0 aromatic heterocycles. The summed E-state index contributed by atoms with van der Waals surface area (Å²) in [7, 11) is 0. The summed E-state index contributed by atoms with van der Waals surface area (Å²) in [5.74, 6) is 0.787. The van der Waals surface area contributed by atoms with Crippen LogP contribution in [0.2, 0.25) is 10.0 Å². The van der Waals surface area contributed by atoms with Crippen molar-refractivity contribution in [2.24, 2.45) is 0 Å². The topological polar surface area (TPSA) is 49.8 Å². The van der Waals surface area contributed by atoms with Crippen molar-refractivity contribution in [3.8, 4) is 11.5 Å². The van der Waals surface area contributed by atoms with Crippen LogP contribution in [0, 0.1) is 0 Å². The highest BCUT2D eigenvalue weighted by atomic mass is 35.5. The second-order valence-electron chi connectivity index (χ2n) is 4.93. The molecular formula is C16H13Cl2NO3. The fourth-order valence-electron chi connectivity index (χ4n) is 2.41. The van der Waals surface area contributed by atoms with Gasteiger partial charge in [-0.15, -0.1) is 0 Å². The van der Waals surface area contributed by atoms with Gasteiger partial charge < -0.3 is 14.7 Å². The Kier molecular flexibility index (Phi) is 4.25. The van der Waals surface area contributed by atoms with Crippen molar-refractivity contribution in [2.45, 2.75) is 6.42 Å². The molecule has 1 heterocycles. The standard InChI is InChI=1S/C16H13Cl2NO3/c17-13-2-1-3-14(18)15(13)22-11-4-5-12-10(8-11)6-7-19(9-20)16(12)21/h1-5,8,20H,6-7,9H2.